The first kappa shape index (κ1) is 16.5. The molecule has 25 heavy (non-hydrogen) atoms. The van der Waals surface area contributed by atoms with E-state index in [1.807, 2.05) is 18.3 Å². The lowest BCUT2D eigenvalue weighted by Gasteiger charge is -2.09. The van der Waals surface area contributed by atoms with E-state index in [-0.39, 0.29) is 4.90 Å². The van der Waals surface area contributed by atoms with Gasteiger partial charge in [0.1, 0.15) is 0 Å². The molecule has 0 saturated carbocycles. The van der Waals surface area contributed by atoms with Crippen molar-refractivity contribution in [2.45, 2.75) is 16.6 Å². The highest BCUT2D eigenvalue weighted by Gasteiger charge is 2.17. The fraction of sp³-hybridized carbons (Fsp3) is 0.118. The van der Waals surface area contributed by atoms with Crippen LogP contribution < -0.4 is 4.72 Å². The molecule has 1 aliphatic heterocycles. The predicted octanol–water partition coefficient (Wildman–Crippen LogP) is 4.11. The van der Waals surface area contributed by atoms with Gasteiger partial charge in [-0.05, 0) is 36.4 Å². The lowest BCUT2D eigenvalue weighted by molar-refractivity contribution is 0.601. The van der Waals surface area contributed by atoms with Gasteiger partial charge in [0.05, 0.1) is 10.6 Å². The molecule has 0 radical (unpaired) electrons. The average Bonchev–Trinajstić information content (AvgIpc) is 3.17. The van der Waals surface area contributed by atoms with Crippen LogP contribution in [-0.2, 0) is 16.6 Å². The van der Waals surface area contributed by atoms with Crippen molar-refractivity contribution in [1.82, 2.24) is 9.55 Å². The predicted molar refractivity (Wildman–Crippen MR) is 101 cm³/mol. The number of nitrogens with one attached hydrogen (secondary N) is 1. The van der Waals surface area contributed by atoms with Crippen molar-refractivity contribution in [3.05, 3.63) is 59.8 Å². The molecule has 5 nitrogen and oxygen atoms in total. The minimum absolute atomic E-state index is 0.166. The van der Waals surface area contributed by atoms with Crippen LogP contribution in [0.25, 0.3) is 11.3 Å². The van der Waals surface area contributed by atoms with Gasteiger partial charge >= 0.3 is 0 Å². The number of imidazole rings is 1. The van der Waals surface area contributed by atoms with Crippen LogP contribution >= 0.6 is 23.4 Å². The van der Waals surface area contributed by atoms with Gasteiger partial charge in [0, 0.05) is 34.8 Å². The van der Waals surface area contributed by atoms with Crippen LogP contribution in [0.5, 0.6) is 0 Å². The number of aromatic nitrogens is 2. The highest BCUT2D eigenvalue weighted by Crippen LogP contribution is 2.30. The third-order valence-electron chi connectivity index (χ3n) is 3.84. The standard InChI is InChI=1S/C17H14ClN3O2S2/c18-13-4-6-15(7-5-13)25(22,23)20-14-3-1-2-12(10-14)16-11-21-8-9-24-17(21)19-16/h1-7,10-11,20H,8-9H2. The Labute approximate surface area is 155 Å². The summed E-state index contributed by atoms with van der Waals surface area (Å²) >= 11 is 7.54. The van der Waals surface area contributed by atoms with Gasteiger partial charge < -0.3 is 4.57 Å². The molecule has 1 N–H and O–H groups in total. The molecular formula is C17H14ClN3O2S2. The van der Waals surface area contributed by atoms with E-state index < -0.39 is 10.0 Å². The zero-order valence-electron chi connectivity index (χ0n) is 13.0. The van der Waals surface area contributed by atoms with Gasteiger partial charge in [-0.25, -0.2) is 13.4 Å². The third-order valence-corrected chi connectivity index (χ3v) is 6.46. The molecule has 0 aliphatic carbocycles. The number of aryl methyl sites for hydroxylation is 1. The SMILES string of the molecule is O=S(=O)(Nc1cccc(-c2cn3c(n2)SCC3)c1)c1ccc(Cl)cc1. The van der Waals surface area contributed by atoms with E-state index in [2.05, 4.69) is 14.3 Å². The van der Waals surface area contributed by atoms with Crippen molar-refractivity contribution in [2.24, 2.45) is 0 Å². The van der Waals surface area contributed by atoms with Crippen molar-refractivity contribution in [2.75, 3.05) is 10.5 Å². The number of hydrogen-bond donors (Lipinski definition) is 1. The first-order chi connectivity index (χ1) is 12.0. The summed E-state index contributed by atoms with van der Waals surface area (Å²) in [5.41, 5.74) is 2.21. The van der Waals surface area contributed by atoms with E-state index in [0.717, 1.165) is 28.7 Å². The summed E-state index contributed by atoms with van der Waals surface area (Å²) in [5.74, 6) is 1.05. The minimum Gasteiger partial charge on any atom is -0.325 e. The molecule has 0 atom stereocenters. The van der Waals surface area contributed by atoms with Crippen molar-refractivity contribution >= 4 is 39.1 Å². The van der Waals surface area contributed by atoms with Crippen LogP contribution in [0, 0.1) is 0 Å². The Bertz CT molecular complexity index is 1010. The number of nitrogens with zero attached hydrogens (tertiary/aromatic N) is 2. The number of halogens is 1. The second kappa shape index (κ2) is 6.40. The van der Waals surface area contributed by atoms with Crippen LogP contribution in [0.1, 0.15) is 0 Å². The van der Waals surface area contributed by atoms with Crippen LogP contribution in [0.4, 0.5) is 5.69 Å². The molecule has 0 saturated heterocycles. The largest absolute Gasteiger partial charge is 0.325 e. The molecule has 0 unspecified atom stereocenters. The highest BCUT2D eigenvalue weighted by molar-refractivity contribution is 7.99. The van der Waals surface area contributed by atoms with E-state index in [9.17, 15) is 8.42 Å². The van der Waals surface area contributed by atoms with Gasteiger partial charge in [0.2, 0.25) is 0 Å². The minimum atomic E-state index is -3.66. The van der Waals surface area contributed by atoms with Gasteiger partial charge in [-0.3, -0.25) is 4.72 Å². The van der Waals surface area contributed by atoms with E-state index in [1.54, 1.807) is 36.0 Å². The molecule has 8 heteroatoms. The smallest absolute Gasteiger partial charge is 0.261 e. The van der Waals surface area contributed by atoms with Crippen LogP contribution in [-0.4, -0.2) is 23.7 Å². The fourth-order valence-electron chi connectivity index (χ4n) is 2.62. The molecule has 2 heterocycles. The molecule has 2 aromatic carbocycles. The summed E-state index contributed by atoms with van der Waals surface area (Å²) in [6.07, 6.45) is 2.00. The van der Waals surface area contributed by atoms with Gasteiger partial charge in [-0.2, -0.15) is 0 Å². The maximum absolute atomic E-state index is 12.5. The molecule has 4 rings (SSSR count). The number of benzene rings is 2. The fourth-order valence-corrected chi connectivity index (χ4v) is 4.74. The van der Waals surface area contributed by atoms with E-state index in [0.29, 0.717) is 10.7 Å². The normalized spacial score (nSPS) is 13.6. The molecule has 1 aliphatic rings. The van der Waals surface area contributed by atoms with E-state index in [1.165, 1.54) is 12.1 Å². The summed E-state index contributed by atoms with van der Waals surface area (Å²) in [6, 6.07) is 13.3. The number of rotatable bonds is 4. The molecular weight excluding hydrogens is 378 g/mol. The molecule has 0 bridgehead atoms. The first-order valence-electron chi connectivity index (χ1n) is 7.60. The third kappa shape index (κ3) is 3.40. The molecule has 3 aromatic rings. The Morgan fingerprint density at radius 1 is 1.16 bits per heavy atom. The van der Waals surface area contributed by atoms with E-state index >= 15 is 0 Å². The monoisotopic (exact) mass is 391 g/mol. The molecule has 1 aromatic heterocycles. The van der Waals surface area contributed by atoms with Crippen LogP contribution in [0.15, 0.2) is 64.8 Å². The van der Waals surface area contributed by atoms with Crippen molar-refractivity contribution in [3.63, 3.8) is 0 Å². The second-order valence-electron chi connectivity index (χ2n) is 5.59. The maximum Gasteiger partial charge on any atom is 0.261 e. The molecule has 128 valence electrons. The molecule has 0 fully saturated rings. The first-order valence-corrected chi connectivity index (χ1v) is 10.4. The zero-order valence-corrected chi connectivity index (χ0v) is 15.4. The van der Waals surface area contributed by atoms with Gasteiger partial charge in [-0.1, -0.05) is 35.5 Å². The van der Waals surface area contributed by atoms with Gasteiger partial charge in [-0.15, -0.1) is 0 Å². The maximum atomic E-state index is 12.5. The summed E-state index contributed by atoms with van der Waals surface area (Å²) in [7, 11) is -3.66. The van der Waals surface area contributed by atoms with Crippen LogP contribution in [0.2, 0.25) is 5.02 Å². The number of anilines is 1. The molecule has 0 amide bonds. The Hall–Kier alpha value is -1.96. The second-order valence-corrected chi connectivity index (χ2v) is 8.77. The Kier molecular flexibility index (Phi) is 4.23. The number of sulfonamides is 1. The van der Waals surface area contributed by atoms with Gasteiger partial charge in [0.25, 0.3) is 10.0 Å². The average molecular weight is 392 g/mol. The highest BCUT2D eigenvalue weighted by atomic mass is 35.5. The summed E-state index contributed by atoms with van der Waals surface area (Å²) in [5, 5.41) is 1.49. The lowest BCUT2D eigenvalue weighted by Crippen LogP contribution is -2.12. The Balaban J connectivity index is 1.62. The van der Waals surface area contributed by atoms with Crippen molar-refractivity contribution in [1.29, 1.82) is 0 Å². The summed E-state index contributed by atoms with van der Waals surface area (Å²) in [6.45, 7) is 0.954. The number of fused-ring (bicyclic) bond motifs is 1. The topological polar surface area (TPSA) is 64.0 Å². The zero-order chi connectivity index (χ0) is 17.4. The van der Waals surface area contributed by atoms with Crippen LogP contribution in [0.3, 0.4) is 0 Å². The summed E-state index contributed by atoms with van der Waals surface area (Å²) < 4.78 is 29.7. The quantitative estimate of drug-likeness (QED) is 0.726. The van der Waals surface area contributed by atoms with Crippen molar-refractivity contribution < 1.29 is 8.42 Å². The molecule has 0 spiro atoms. The number of thioether (sulfide) groups is 1. The summed E-state index contributed by atoms with van der Waals surface area (Å²) in [4.78, 5) is 4.77. The number of hydrogen-bond acceptors (Lipinski definition) is 4. The Morgan fingerprint density at radius 2 is 1.96 bits per heavy atom. The van der Waals surface area contributed by atoms with E-state index in [4.69, 9.17) is 11.6 Å². The lowest BCUT2D eigenvalue weighted by atomic mass is 10.1. The van der Waals surface area contributed by atoms with Crippen molar-refractivity contribution in [3.8, 4) is 11.3 Å². The van der Waals surface area contributed by atoms with Gasteiger partial charge in [0.15, 0.2) is 5.16 Å². The Morgan fingerprint density at radius 3 is 2.72 bits per heavy atom.